The molecule has 0 N–H and O–H groups in total. The first kappa shape index (κ1) is 18.4. The van der Waals surface area contributed by atoms with Crippen LogP contribution in [0.3, 0.4) is 0 Å². The molecule has 4 rings (SSSR count). The Kier molecular flexibility index (Phi) is 4.95. The van der Waals surface area contributed by atoms with Crippen molar-refractivity contribution in [2.45, 2.75) is 46.1 Å². The number of rotatable bonds is 4. The number of aromatic nitrogens is 5. The smallest absolute Gasteiger partial charge is 0.225 e. The molecule has 4 heterocycles. The van der Waals surface area contributed by atoms with E-state index in [0.717, 1.165) is 47.6 Å². The van der Waals surface area contributed by atoms with E-state index in [1.165, 1.54) is 0 Å². The van der Waals surface area contributed by atoms with E-state index < -0.39 is 0 Å². The quantitative estimate of drug-likeness (QED) is 0.694. The van der Waals surface area contributed by atoms with E-state index in [1.54, 1.807) is 6.20 Å². The number of fused-ring (bicyclic) bond motifs is 1. The van der Waals surface area contributed by atoms with Crippen LogP contribution in [0.15, 0.2) is 24.5 Å². The van der Waals surface area contributed by atoms with Crippen LogP contribution < -0.4 is 4.90 Å². The van der Waals surface area contributed by atoms with Crippen molar-refractivity contribution in [1.82, 2.24) is 24.5 Å². The molecule has 0 aromatic carbocycles. The molecule has 0 amide bonds. The Balaban J connectivity index is 1.59. The number of nitrogens with zero attached hydrogens (tertiary/aromatic N) is 7. The third kappa shape index (κ3) is 3.55. The van der Waals surface area contributed by atoms with Crippen molar-refractivity contribution in [3.63, 3.8) is 0 Å². The van der Waals surface area contributed by atoms with Gasteiger partial charge in [0.15, 0.2) is 0 Å². The van der Waals surface area contributed by atoms with Gasteiger partial charge in [-0.15, -0.1) is 0 Å². The number of anilines is 1. The Morgan fingerprint density at radius 3 is 2.89 bits per heavy atom. The molecule has 3 aromatic heterocycles. The zero-order chi connectivity index (χ0) is 19.7. The van der Waals surface area contributed by atoms with Gasteiger partial charge in [0.05, 0.1) is 29.4 Å². The summed E-state index contributed by atoms with van der Waals surface area (Å²) in [5.41, 5.74) is 3.93. The fourth-order valence-electron chi connectivity index (χ4n) is 3.99. The fourth-order valence-corrected chi connectivity index (χ4v) is 3.99. The van der Waals surface area contributed by atoms with Crippen LogP contribution in [0, 0.1) is 24.2 Å². The molecular formula is C21H25N7. The van der Waals surface area contributed by atoms with E-state index in [4.69, 9.17) is 4.98 Å². The number of pyridine rings is 1. The molecule has 1 unspecified atom stereocenters. The molecule has 7 heteroatoms. The van der Waals surface area contributed by atoms with E-state index in [0.29, 0.717) is 25.0 Å². The Morgan fingerprint density at radius 2 is 2.11 bits per heavy atom. The van der Waals surface area contributed by atoms with Crippen LogP contribution in [0.4, 0.5) is 5.95 Å². The molecule has 1 saturated heterocycles. The van der Waals surface area contributed by atoms with Crippen LogP contribution in [-0.4, -0.2) is 37.6 Å². The highest BCUT2D eigenvalue weighted by atomic mass is 15.3. The number of imidazole rings is 1. The summed E-state index contributed by atoms with van der Waals surface area (Å²) in [6, 6.07) is 6.77. The summed E-state index contributed by atoms with van der Waals surface area (Å²) in [6.45, 7) is 7.97. The second kappa shape index (κ2) is 7.55. The number of hydrogen-bond acceptors (Lipinski definition) is 6. The topological polar surface area (TPSA) is 83.5 Å². The summed E-state index contributed by atoms with van der Waals surface area (Å²) in [4.78, 5) is 20.5. The van der Waals surface area contributed by atoms with Crippen LogP contribution in [0.1, 0.15) is 49.9 Å². The average molecular weight is 375 g/mol. The van der Waals surface area contributed by atoms with Gasteiger partial charge in [-0.2, -0.15) is 5.26 Å². The lowest BCUT2D eigenvalue weighted by Gasteiger charge is -2.29. The molecule has 1 fully saturated rings. The van der Waals surface area contributed by atoms with Crippen molar-refractivity contribution >= 4 is 17.0 Å². The van der Waals surface area contributed by atoms with E-state index in [-0.39, 0.29) is 5.92 Å². The molecule has 0 radical (unpaired) electrons. The van der Waals surface area contributed by atoms with E-state index in [2.05, 4.69) is 50.4 Å². The predicted octanol–water partition coefficient (Wildman–Crippen LogP) is 3.44. The van der Waals surface area contributed by atoms with Crippen LogP contribution in [0.5, 0.6) is 0 Å². The maximum Gasteiger partial charge on any atom is 0.225 e. The van der Waals surface area contributed by atoms with E-state index in [1.807, 2.05) is 19.2 Å². The summed E-state index contributed by atoms with van der Waals surface area (Å²) in [6.07, 6.45) is 6.25. The second-order valence-electron chi connectivity index (χ2n) is 7.73. The fraction of sp³-hybridized carbons (Fsp3) is 0.476. The molecule has 0 spiro atoms. The maximum absolute atomic E-state index is 9.22. The maximum atomic E-state index is 9.22. The molecule has 1 aliphatic heterocycles. The van der Waals surface area contributed by atoms with Gasteiger partial charge in [0.1, 0.15) is 11.3 Å². The summed E-state index contributed by atoms with van der Waals surface area (Å²) < 4.78 is 2.24. The van der Waals surface area contributed by atoms with Gasteiger partial charge in [0.2, 0.25) is 5.95 Å². The summed E-state index contributed by atoms with van der Waals surface area (Å²) in [7, 11) is 0. The Labute approximate surface area is 165 Å². The Bertz CT molecular complexity index is 1030. The molecule has 0 saturated carbocycles. The van der Waals surface area contributed by atoms with Gasteiger partial charge < -0.3 is 9.47 Å². The Morgan fingerprint density at radius 1 is 1.25 bits per heavy atom. The molecule has 3 aromatic rings. The van der Waals surface area contributed by atoms with Gasteiger partial charge >= 0.3 is 0 Å². The van der Waals surface area contributed by atoms with Crippen LogP contribution in [-0.2, 0) is 6.42 Å². The molecule has 0 aliphatic carbocycles. The lowest BCUT2D eigenvalue weighted by molar-refractivity contribution is 0.487. The van der Waals surface area contributed by atoms with Gasteiger partial charge in [-0.25, -0.2) is 15.0 Å². The monoisotopic (exact) mass is 375 g/mol. The van der Waals surface area contributed by atoms with Gasteiger partial charge in [-0.1, -0.05) is 0 Å². The predicted molar refractivity (Wildman–Crippen MR) is 108 cm³/mol. The molecule has 1 atom stereocenters. The van der Waals surface area contributed by atoms with Crippen LogP contribution in [0.25, 0.3) is 11.0 Å². The minimum atomic E-state index is 0.0599. The SMILES string of the molecule is Cc1nc2cnc(Cc3ccnc(N4CCCC(C#N)C4)n3)cc2n1C(C)C. The lowest BCUT2D eigenvalue weighted by Crippen LogP contribution is -2.36. The molecule has 28 heavy (non-hydrogen) atoms. The first-order chi connectivity index (χ1) is 13.5. The number of piperidine rings is 1. The van der Waals surface area contributed by atoms with E-state index >= 15 is 0 Å². The van der Waals surface area contributed by atoms with E-state index in [9.17, 15) is 5.26 Å². The normalized spacial score (nSPS) is 17.2. The highest BCUT2D eigenvalue weighted by Gasteiger charge is 2.21. The third-order valence-electron chi connectivity index (χ3n) is 5.27. The number of aryl methyl sites for hydroxylation is 1. The highest BCUT2D eigenvalue weighted by Crippen LogP contribution is 2.23. The van der Waals surface area contributed by atoms with Gasteiger partial charge in [0, 0.05) is 37.4 Å². The van der Waals surface area contributed by atoms with Crippen molar-refractivity contribution in [2.75, 3.05) is 18.0 Å². The van der Waals surface area contributed by atoms with Crippen molar-refractivity contribution in [2.24, 2.45) is 5.92 Å². The van der Waals surface area contributed by atoms with Crippen molar-refractivity contribution in [3.8, 4) is 6.07 Å². The Hall–Kier alpha value is -3.01. The summed E-state index contributed by atoms with van der Waals surface area (Å²) in [5, 5.41) is 9.22. The minimum Gasteiger partial charge on any atom is -0.340 e. The zero-order valence-electron chi connectivity index (χ0n) is 16.6. The lowest BCUT2D eigenvalue weighted by atomic mass is 10.0. The van der Waals surface area contributed by atoms with Gasteiger partial charge in [0.25, 0.3) is 0 Å². The highest BCUT2D eigenvalue weighted by molar-refractivity contribution is 5.75. The molecule has 144 valence electrons. The third-order valence-corrected chi connectivity index (χ3v) is 5.27. The first-order valence-electron chi connectivity index (χ1n) is 9.85. The van der Waals surface area contributed by atoms with Crippen LogP contribution >= 0.6 is 0 Å². The standard InChI is InChI=1S/C21H25N7/c1-14(2)28-15(3)25-19-12-24-18(10-20(19)28)9-17-6-7-23-21(26-17)27-8-4-5-16(11-22)13-27/h6-7,10,12,14,16H,4-5,8-9,13H2,1-3H3. The summed E-state index contributed by atoms with van der Waals surface area (Å²) >= 11 is 0. The van der Waals surface area contributed by atoms with Gasteiger partial charge in [-0.05, 0) is 45.7 Å². The molecular weight excluding hydrogens is 350 g/mol. The number of hydrogen-bond donors (Lipinski definition) is 0. The average Bonchev–Trinajstić information content (AvgIpc) is 3.03. The van der Waals surface area contributed by atoms with Crippen molar-refractivity contribution in [1.29, 1.82) is 5.26 Å². The molecule has 7 nitrogen and oxygen atoms in total. The number of nitriles is 1. The van der Waals surface area contributed by atoms with Crippen molar-refractivity contribution < 1.29 is 0 Å². The second-order valence-corrected chi connectivity index (χ2v) is 7.73. The van der Waals surface area contributed by atoms with Crippen LogP contribution in [0.2, 0.25) is 0 Å². The first-order valence-corrected chi connectivity index (χ1v) is 9.85. The molecule has 0 bridgehead atoms. The molecule has 1 aliphatic rings. The van der Waals surface area contributed by atoms with Gasteiger partial charge in [-0.3, -0.25) is 4.98 Å². The zero-order valence-corrected chi connectivity index (χ0v) is 16.6. The minimum absolute atomic E-state index is 0.0599. The summed E-state index contributed by atoms with van der Waals surface area (Å²) in [5.74, 6) is 1.77. The van der Waals surface area contributed by atoms with Crippen molar-refractivity contribution in [3.05, 3.63) is 41.7 Å². The largest absolute Gasteiger partial charge is 0.340 e.